The van der Waals surface area contributed by atoms with Crippen LogP contribution >= 0.6 is 0 Å². The molecule has 2 aliphatic heterocycles. The van der Waals surface area contributed by atoms with Gasteiger partial charge in [0.1, 0.15) is 24.2 Å². The Kier molecular flexibility index (Phi) is 6.20. The van der Waals surface area contributed by atoms with Crippen LogP contribution in [0.5, 0.6) is 0 Å². The lowest BCUT2D eigenvalue weighted by Gasteiger charge is -2.51. The maximum Gasteiger partial charge on any atom is 0.288 e. The maximum absolute atomic E-state index is 13.2. The van der Waals surface area contributed by atoms with Gasteiger partial charge in [-0.1, -0.05) is 31.9 Å². The minimum absolute atomic E-state index is 0.0159. The molecule has 0 aromatic carbocycles. The predicted octanol–water partition coefficient (Wildman–Crippen LogP) is 3.94. The summed E-state index contributed by atoms with van der Waals surface area (Å²) in [5.74, 6) is -0.149. The molecule has 0 bridgehead atoms. The molecular formula is C22H35N3O3. The van der Waals surface area contributed by atoms with Gasteiger partial charge in [0.25, 0.3) is 5.91 Å². The van der Waals surface area contributed by atoms with Crippen molar-refractivity contribution in [3.63, 3.8) is 0 Å². The van der Waals surface area contributed by atoms with Crippen LogP contribution in [0.1, 0.15) is 60.3 Å². The highest BCUT2D eigenvalue weighted by Gasteiger charge is 2.43. The second-order valence-corrected chi connectivity index (χ2v) is 8.56. The standard InChI is InChI=1S/C22H35N3O3/c1-6-24-19(14-17-16(3)10-8-11-22(17,4)5)23-12-9-13-28-15-18(26)20(23)21(27)25(24)7-2/h9,12,19,26H,6-8,10-11,13-15H2,1-5H3/b12-9-,20-18+. The molecule has 1 aliphatic carbocycles. The second kappa shape index (κ2) is 8.29. The van der Waals surface area contributed by atoms with Gasteiger partial charge in [-0.25, -0.2) is 0 Å². The van der Waals surface area contributed by atoms with Crippen molar-refractivity contribution in [3.05, 3.63) is 34.9 Å². The predicted molar refractivity (Wildman–Crippen MR) is 110 cm³/mol. The first-order valence-corrected chi connectivity index (χ1v) is 10.5. The number of rotatable bonds is 4. The number of carbonyl (C=O) groups excluding carboxylic acids is 1. The van der Waals surface area contributed by atoms with Gasteiger partial charge in [0.05, 0.1) is 6.61 Å². The third kappa shape index (κ3) is 3.72. The molecule has 2 heterocycles. The Morgan fingerprint density at radius 1 is 1.29 bits per heavy atom. The summed E-state index contributed by atoms with van der Waals surface area (Å²) in [5.41, 5.74) is 3.46. The van der Waals surface area contributed by atoms with Crippen LogP contribution in [0.15, 0.2) is 34.9 Å². The lowest BCUT2D eigenvalue weighted by atomic mass is 9.71. The van der Waals surface area contributed by atoms with Crippen molar-refractivity contribution in [1.82, 2.24) is 14.9 Å². The minimum Gasteiger partial charge on any atom is -0.507 e. The highest BCUT2D eigenvalue weighted by molar-refractivity contribution is 5.94. The Balaban J connectivity index is 2.08. The fourth-order valence-electron chi connectivity index (χ4n) is 4.92. The maximum atomic E-state index is 13.2. The second-order valence-electron chi connectivity index (χ2n) is 8.56. The molecule has 1 N–H and O–H groups in total. The van der Waals surface area contributed by atoms with Crippen molar-refractivity contribution >= 4 is 5.91 Å². The largest absolute Gasteiger partial charge is 0.507 e. The first kappa shape index (κ1) is 20.9. The van der Waals surface area contributed by atoms with Crippen molar-refractivity contribution in [1.29, 1.82) is 0 Å². The molecule has 1 unspecified atom stereocenters. The highest BCUT2D eigenvalue weighted by atomic mass is 16.5. The number of nitrogens with zero attached hydrogens (tertiary/aromatic N) is 3. The van der Waals surface area contributed by atoms with Crippen LogP contribution in [0.4, 0.5) is 0 Å². The van der Waals surface area contributed by atoms with E-state index in [1.165, 1.54) is 24.0 Å². The molecule has 0 aromatic heterocycles. The molecule has 0 saturated carbocycles. The van der Waals surface area contributed by atoms with Gasteiger partial charge in [-0.15, -0.1) is 0 Å². The van der Waals surface area contributed by atoms with E-state index in [0.29, 0.717) is 18.8 Å². The van der Waals surface area contributed by atoms with E-state index in [1.54, 1.807) is 5.01 Å². The summed E-state index contributed by atoms with van der Waals surface area (Å²) in [6.07, 6.45) is 8.20. The summed E-state index contributed by atoms with van der Waals surface area (Å²) in [6.45, 7) is 12.8. The van der Waals surface area contributed by atoms with Crippen LogP contribution in [0.2, 0.25) is 0 Å². The minimum atomic E-state index is -0.165. The molecule has 1 atom stereocenters. The topological polar surface area (TPSA) is 56.3 Å². The van der Waals surface area contributed by atoms with E-state index in [0.717, 1.165) is 19.4 Å². The fourth-order valence-corrected chi connectivity index (χ4v) is 4.92. The monoisotopic (exact) mass is 389 g/mol. The number of ether oxygens (including phenoxy) is 1. The van der Waals surface area contributed by atoms with Gasteiger partial charge in [-0.05, 0) is 44.6 Å². The average Bonchev–Trinajstić information content (AvgIpc) is 2.62. The molecule has 0 radical (unpaired) electrons. The molecule has 156 valence electrons. The van der Waals surface area contributed by atoms with Crippen LogP contribution in [0.25, 0.3) is 0 Å². The van der Waals surface area contributed by atoms with Crippen LogP contribution in [0.3, 0.4) is 0 Å². The number of hydrogen-bond donors (Lipinski definition) is 1. The highest BCUT2D eigenvalue weighted by Crippen LogP contribution is 2.44. The van der Waals surface area contributed by atoms with Crippen molar-refractivity contribution < 1.29 is 14.6 Å². The number of aliphatic hydroxyl groups is 1. The third-order valence-corrected chi connectivity index (χ3v) is 6.36. The van der Waals surface area contributed by atoms with Crippen molar-refractivity contribution in [2.24, 2.45) is 5.41 Å². The quantitative estimate of drug-likeness (QED) is 0.738. The van der Waals surface area contributed by atoms with Crippen LogP contribution in [-0.2, 0) is 9.53 Å². The average molecular weight is 390 g/mol. The smallest absolute Gasteiger partial charge is 0.288 e. The first-order valence-electron chi connectivity index (χ1n) is 10.5. The van der Waals surface area contributed by atoms with Gasteiger partial charge in [0.2, 0.25) is 0 Å². The molecule has 1 fully saturated rings. The van der Waals surface area contributed by atoms with Gasteiger partial charge in [0, 0.05) is 25.7 Å². The summed E-state index contributed by atoms with van der Waals surface area (Å²) in [4.78, 5) is 15.2. The molecule has 6 heteroatoms. The number of hydrogen-bond acceptors (Lipinski definition) is 5. The Hall–Kier alpha value is -1.79. The van der Waals surface area contributed by atoms with E-state index < -0.39 is 0 Å². The molecular weight excluding hydrogens is 354 g/mol. The number of aliphatic hydroxyl groups excluding tert-OH is 1. The number of hydrazine groups is 1. The molecule has 28 heavy (non-hydrogen) atoms. The van der Waals surface area contributed by atoms with Crippen molar-refractivity contribution in [3.8, 4) is 0 Å². The van der Waals surface area contributed by atoms with E-state index in [4.69, 9.17) is 4.74 Å². The summed E-state index contributed by atoms with van der Waals surface area (Å²) < 4.78 is 5.43. The number of fused-ring (bicyclic) bond motifs is 1. The molecule has 3 aliphatic rings. The van der Waals surface area contributed by atoms with Crippen LogP contribution in [0, 0.1) is 5.41 Å². The van der Waals surface area contributed by atoms with E-state index in [9.17, 15) is 9.90 Å². The first-order chi connectivity index (χ1) is 13.3. The number of likely N-dealkylation sites (N-methyl/N-ethyl adjacent to an activating group) is 1. The lowest BCUT2D eigenvalue weighted by molar-refractivity contribution is -0.169. The Bertz CT molecular complexity index is 708. The zero-order chi connectivity index (χ0) is 20.5. The van der Waals surface area contributed by atoms with Gasteiger partial charge in [-0.3, -0.25) is 9.80 Å². The van der Waals surface area contributed by atoms with Crippen molar-refractivity contribution in [2.75, 3.05) is 26.3 Å². The fraction of sp³-hybridized carbons (Fsp3) is 0.682. The van der Waals surface area contributed by atoms with Crippen LogP contribution in [-0.4, -0.2) is 58.4 Å². The number of allylic oxidation sites excluding steroid dienone is 1. The van der Waals surface area contributed by atoms with Crippen molar-refractivity contribution in [2.45, 2.75) is 66.5 Å². The van der Waals surface area contributed by atoms with E-state index >= 15 is 0 Å². The molecule has 6 nitrogen and oxygen atoms in total. The molecule has 0 spiro atoms. The van der Waals surface area contributed by atoms with Crippen LogP contribution < -0.4 is 0 Å². The SMILES string of the molecule is CCN1C(=O)/C2=C(\O)COC/C=C\N2C(CC2=C(C)CCCC2(C)C)N1CC. The van der Waals surface area contributed by atoms with E-state index in [2.05, 4.69) is 32.7 Å². The molecule has 0 aromatic rings. The number of carbonyl (C=O) groups is 1. The van der Waals surface area contributed by atoms with Gasteiger partial charge >= 0.3 is 0 Å². The van der Waals surface area contributed by atoms with Gasteiger partial charge in [0.15, 0.2) is 0 Å². The zero-order valence-electron chi connectivity index (χ0n) is 18.0. The summed E-state index contributed by atoms with van der Waals surface area (Å²) in [5, 5.41) is 14.6. The summed E-state index contributed by atoms with van der Waals surface area (Å²) in [6, 6.07) is 0. The molecule has 1 amide bonds. The van der Waals surface area contributed by atoms with E-state index in [1.807, 2.05) is 24.1 Å². The lowest BCUT2D eigenvalue weighted by Crippen LogP contribution is -2.63. The Morgan fingerprint density at radius 3 is 2.68 bits per heavy atom. The summed E-state index contributed by atoms with van der Waals surface area (Å²) >= 11 is 0. The summed E-state index contributed by atoms with van der Waals surface area (Å²) in [7, 11) is 0. The van der Waals surface area contributed by atoms with E-state index in [-0.39, 0.29) is 29.9 Å². The zero-order valence-corrected chi connectivity index (χ0v) is 18.0. The molecule has 1 saturated heterocycles. The molecule has 3 rings (SSSR count). The normalized spacial score (nSPS) is 30.2. The Labute approximate surface area is 169 Å². The number of amides is 1. The third-order valence-electron chi connectivity index (χ3n) is 6.36. The Morgan fingerprint density at radius 2 is 2.04 bits per heavy atom. The van der Waals surface area contributed by atoms with Gasteiger partial charge in [-0.2, -0.15) is 5.01 Å². The van der Waals surface area contributed by atoms with Gasteiger partial charge < -0.3 is 14.7 Å².